The molecule has 2 aromatic rings. The number of cyclic esters (lactones) is 1. The number of esters is 1. The molecule has 0 N–H and O–H groups in total. The van der Waals surface area contributed by atoms with Crippen LogP contribution in [-0.4, -0.2) is 43.0 Å². The van der Waals surface area contributed by atoms with Crippen molar-refractivity contribution in [1.82, 2.24) is 4.90 Å². The zero-order chi connectivity index (χ0) is 18.1. The number of ether oxygens (including phenoxy) is 1. The summed E-state index contributed by atoms with van der Waals surface area (Å²) in [5.74, 6) is -0.333. The molecule has 2 aliphatic rings. The van der Waals surface area contributed by atoms with Gasteiger partial charge in [0.2, 0.25) is 5.91 Å². The van der Waals surface area contributed by atoms with Crippen molar-refractivity contribution in [2.45, 2.75) is 12.5 Å². The van der Waals surface area contributed by atoms with E-state index in [9.17, 15) is 9.59 Å². The fraction of sp³-hybridized carbons (Fsp3) is 0.300. The predicted molar refractivity (Wildman–Crippen MR) is 99.5 cm³/mol. The molecule has 0 bridgehead atoms. The van der Waals surface area contributed by atoms with E-state index in [2.05, 4.69) is 4.90 Å². The van der Waals surface area contributed by atoms with Gasteiger partial charge in [-0.2, -0.15) is 0 Å². The number of piperazine rings is 1. The lowest BCUT2D eigenvalue weighted by atomic mass is 10.0. The van der Waals surface area contributed by atoms with Crippen molar-refractivity contribution in [3.05, 3.63) is 64.7 Å². The number of benzene rings is 2. The second-order valence-electron chi connectivity index (χ2n) is 6.50. The monoisotopic (exact) mass is 370 g/mol. The summed E-state index contributed by atoms with van der Waals surface area (Å²) in [6.45, 7) is 2.73. The molecule has 1 saturated heterocycles. The van der Waals surface area contributed by atoms with Crippen molar-refractivity contribution < 1.29 is 14.3 Å². The summed E-state index contributed by atoms with van der Waals surface area (Å²) in [4.78, 5) is 28.6. The first-order valence-electron chi connectivity index (χ1n) is 8.70. The van der Waals surface area contributed by atoms with Crippen LogP contribution in [-0.2, 0) is 9.53 Å². The van der Waals surface area contributed by atoms with Crippen LogP contribution in [0.25, 0.3) is 0 Å². The first kappa shape index (κ1) is 16.9. The van der Waals surface area contributed by atoms with Crippen LogP contribution in [0.3, 0.4) is 0 Å². The maximum Gasteiger partial charge on any atom is 0.339 e. The van der Waals surface area contributed by atoms with E-state index >= 15 is 0 Å². The number of anilines is 1. The Balaban J connectivity index is 1.38. The van der Waals surface area contributed by atoms with Gasteiger partial charge in [-0.25, -0.2) is 4.79 Å². The number of hydrogen-bond donors (Lipinski definition) is 0. The molecule has 134 valence electrons. The summed E-state index contributed by atoms with van der Waals surface area (Å²) in [7, 11) is 0. The molecule has 5 nitrogen and oxygen atoms in total. The van der Waals surface area contributed by atoms with Crippen LogP contribution in [0.1, 0.15) is 28.4 Å². The van der Waals surface area contributed by atoms with Gasteiger partial charge >= 0.3 is 5.97 Å². The van der Waals surface area contributed by atoms with Crippen LogP contribution in [0.2, 0.25) is 5.02 Å². The van der Waals surface area contributed by atoms with E-state index in [0.29, 0.717) is 18.7 Å². The Bertz CT molecular complexity index is 846. The van der Waals surface area contributed by atoms with Gasteiger partial charge in [-0.1, -0.05) is 41.9 Å². The van der Waals surface area contributed by atoms with Gasteiger partial charge in [0.1, 0.15) is 6.10 Å². The summed E-state index contributed by atoms with van der Waals surface area (Å²) < 4.78 is 5.39. The number of nitrogens with zero attached hydrogens (tertiary/aromatic N) is 2. The molecule has 2 aromatic carbocycles. The Labute approximate surface area is 157 Å². The molecule has 26 heavy (non-hydrogen) atoms. The number of carbonyl (C=O) groups is 2. The summed E-state index contributed by atoms with van der Waals surface area (Å²) in [5, 5.41) is 0.724. The van der Waals surface area contributed by atoms with Crippen molar-refractivity contribution in [3.63, 3.8) is 0 Å². The minimum Gasteiger partial charge on any atom is -0.453 e. The fourth-order valence-electron chi connectivity index (χ4n) is 3.56. The zero-order valence-electron chi connectivity index (χ0n) is 14.2. The Morgan fingerprint density at radius 3 is 2.50 bits per heavy atom. The van der Waals surface area contributed by atoms with Crippen molar-refractivity contribution in [3.8, 4) is 0 Å². The van der Waals surface area contributed by atoms with Crippen molar-refractivity contribution in [2.75, 3.05) is 31.1 Å². The maximum atomic E-state index is 12.7. The molecule has 2 aliphatic heterocycles. The van der Waals surface area contributed by atoms with E-state index in [1.54, 1.807) is 12.1 Å². The molecule has 0 unspecified atom stereocenters. The molecule has 6 heteroatoms. The molecule has 0 saturated carbocycles. The topological polar surface area (TPSA) is 49.9 Å². The predicted octanol–water partition coefficient (Wildman–Crippen LogP) is 3.29. The molecule has 4 rings (SSSR count). The molecular weight excluding hydrogens is 352 g/mol. The molecule has 1 fully saturated rings. The lowest BCUT2D eigenvalue weighted by Crippen LogP contribution is -2.49. The van der Waals surface area contributed by atoms with Gasteiger partial charge < -0.3 is 14.5 Å². The molecule has 0 spiro atoms. The minimum atomic E-state index is -0.479. The van der Waals surface area contributed by atoms with Gasteiger partial charge in [0.15, 0.2) is 0 Å². The smallest absolute Gasteiger partial charge is 0.339 e. The summed E-state index contributed by atoms with van der Waals surface area (Å²) in [6.07, 6.45) is -0.290. The molecule has 1 atom stereocenters. The third-order valence-corrected chi connectivity index (χ3v) is 5.28. The molecule has 0 radical (unpaired) electrons. The second-order valence-corrected chi connectivity index (χ2v) is 6.91. The minimum absolute atomic E-state index is 0.0123. The number of rotatable bonds is 3. The van der Waals surface area contributed by atoms with Crippen LogP contribution >= 0.6 is 11.6 Å². The number of fused-ring (bicyclic) bond motifs is 1. The Kier molecular flexibility index (Phi) is 4.55. The Hall–Kier alpha value is -2.53. The third-order valence-electron chi connectivity index (χ3n) is 4.96. The van der Waals surface area contributed by atoms with E-state index in [-0.39, 0.29) is 18.3 Å². The van der Waals surface area contributed by atoms with E-state index in [4.69, 9.17) is 16.3 Å². The van der Waals surface area contributed by atoms with Crippen LogP contribution in [0.5, 0.6) is 0 Å². The van der Waals surface area contributed by atoms with E-state index in [1.165, 1.54) is 0 Å². The molecule has 0 aliphatic carbocycles. The van der Waals surface area contributed by atoms with Gasteiger partial charge in [0, 0.05) is 31.7 Å². The highest BCUT2D eigenvalue weighted by Gasteiger charge is 2.33. The Morgan fingerprint density at radius 1 is 1.04 bits per heavy atom. The Morgan fingerprint density at radius 2 is 1.73 bits per heavy atom. The number of hydrogen-bond acceptors (Lipinski definition) is 4. The van der Waals surface area contributed by atoms with Crippen molar-refractivity contribution in [2.24, 2.45) is 0 Å². The molecule has 1 amide bonds. The maximum absolute atomic E-state index is 12.7. The average Bonchev–Trinajstić information content (AvgIpc) is 2.98. The standard InChI is InChI=1S/C20H19ClN2O3/c21-16-7-3-4-8-17(16)22-9-11-23(12-10-22)19(24)13-18-14-5-1-2-6-15(14)20(25)26-18/h1-8,18H,9-13H2/t18-/m0/s1. The van der Waals surface area contributed by atoms with Gasteiger partial charge in [-0.15, -0.1) is 0 Å². The average molecular weight is 371 g/mol. The van der Waals surface area contributed by atoms with E-state index in [0.717, 1.165) is 29.4 Å². The summed E-state index contributed by atoms with van der Waals surface area (Å²) in [5.41, 5.74) is 2.37. The summed E-state index contributed by atoms with van der Waals surface area (Å²) in [6, 6.07) is 15.0. The molecular formula is C20H19ClN2O3. The zero-order valence-corrected chi connectivity index (χ0v) is 15.0. The van der Waals surface area contributed by atoms with Gasteiger partial charge in [0.25, 0.3) is 0 Å². The first-order chi connectivity index (χ1) is 12.6. The van der Waals surface area contributed by atoms with E-state index < -0.39 is 6.10 Å². The third kappa shape index (κ3) is 3.15. The highest BCUT2D eigenvalue weighted by Crippen LogP contribution is 2.33. The lowest BCUT2D eigenvalue weighted by Gasteiger charge is -2.36. The van der Waals surface area contributed by atoms with Crippen LogP contribution in [0.15, 0.2) is 48.5 Å². The number of para-hydroxylation sites is 1. The van der Waals surface area contributed by atoms with Gasteiger partial charge in [-0.3, -0.25) is 4.79 Å². The van der Waals surface area contributed by atoms with Crippen molar-refractivity contribution in [1.29, 1.82) is 0 Å². The van der Waals surface area contributed by atoms with Gasteiger partial charge in [-0.05, 0) is 18.2 Å². The van der Waals surface area contributed by atoms with Crippen LogP contribution in [0, 0.1) is 0 Å². The molecule has 0 aromatic heterocycles. The van der Waals surface area contributed by atoms with Crippen molar-refractivity contribution >= 4 is 29.2 Å². The normalized spacial score (nSPS) is 19.3. The number of amides is 1. The number of carbonyl (C=O) groups excluding carboxylic acids is 2. The number of halogens is 1. The summed E-state index contributed by atoms with van der Waals surface area (Å²) >= 11 is 6.26. The quantitative estimate of drug-likeness (QED) is 0.778. The van der Waals surface area contributed by atoms with Crippen LogP contribution < -0.4 is 4.90 Å². The lowest BCUT2D eigenvalue weighted by molar-refractivity contribution is -0.133. The molecule has 2 heterocycles. The van der Waals surface area contributed by atoms with E-state index in [1.807, 2.05) is 41.3 Å². The first-order valence-corrected chi connectivity index (χ1v) is 9.08. The van der Waals surface area contributed by atoms with Gasteiger partial charge in [0.05, 0.1) is 22.7 Å². The SMILES string of the molecule is O=C1O[C@@H](CC(=O)N2CCN(c3ccccc3Cl)CC2)c2ccccc21. The second kappa shape index (κ2) is 7.00. The fourth-order valence-corrected chi connectivity index (χ4v) is 3.82. The largest absolute Gasteiger partial charge is 0.453 e. The highest BCUT2D eigenvalue weighted by atomic mass is 35.5. The highest BCUT2D eigenvalue weighted by molar-refractivity contribution is 6.33. The van der Waals surface area contributed by atoms with Crippen LogP contribution in [0.4, 0.5) is 5.69 Å².